The van der Waals surface area contributed by atoms with Crippen LogP contribution in [0, 0.1) is 5.41 Å². The highest BCUT2D eigenvalue weighted by Gasteiger charge is 2.22. The van der Waals surface area contributed by atoms with Crippen LogP contribution in [0.4, 0.5) is 5.82 Å². The first kappa shape index (κ1) is 20.0. The van der Waals surface area contributed by atoms with Crippen molar-refractivity contribution in [1.82, 2.24) is 15.0 Å². The Morgan fingerprint density at radius 2 is 2.07 bits per heavy atom. The van der Waals surface area contributed by atoms with E-state index in [1.165, 1.54) is 6.07 Å². The van der Waals surface area contributed by atoms with Crippen LogP contribution in [0.5, 0.6) is 0 Å². The van der Waals surface area contributed by atoms with E-state index in [1.807, 2.05) is 18.2 Å². The summed E-state index contributed by atoms with van der Waals surface area (Å²) in [5, 5.41) is 12.3. The van der Waals surface area contributed by atoms with Crippen molar-refractivity contribution in [1.29, 1.82) is 5.41 Å². The molecule has 3 rings (SSSR count). The molecule has 6 nitrogen and oxygen atoms in total. The normalized spacial score (nSPS) is 11.8. The molecule has 0 spiro atoms. The first-order chi connectivity index (χ1) is 13.4. The minimum absolute atomic E-state index is 0.269. The first-order valence-corrected chi connectivity index (χ1v) is 9.44. The number of hydrogen-bond donors (Lipinski definition) is 3. The maximum Gasteiger partial charge on any atom is 0.251 e. The third-order valence-corrected chi connectivity index (χ3v) is 4.71. The average molecular weight is 416 g/mol. The Labute approximate surface area is 172 Å². The van der Waals surface area contributed by atoms with Crippen molar-refractivity contribution in [3.8, 4) is 0 Å². The van der Waals surface area contributed by atoms with E-state index >= 15 is 0 Å². The van der Waals surface area contributed by atoms with Gasteiger partial charge in [-0.2, -0.15) is 0 Å². The zero-order valence-electron chi connectivity index (χ0n) is 15.2. The van der Waals surface area contributed by atoms with Gasteiger partial charge in [-0.05, 0) is 36.8 Å². The highest BCUT2D eigenvalue weighted by molar-refractivity contribution is 6.35. The quantitative estimate of drug-likeness (QED) is 0.501. The molecule has 3 N–H and O–H groups in total. The molecule has 0 amide bonds. The van der Waals surface area contributed by atoms with Crippen molar-refractivity contribution >= 4 is 34.7 Å². The minimum atomic E-state index is -0.554. The zero-order chi connectivity index (χ0) is 20.1. The molecule has 1 unspecified atom stereocenters. The Kier molecular flexibility index (Phi) is 6.44. The van der Waals surface area contributed by atoms with E-state index in [4.69, 9.17) is 28.6 Å². The number of benzene rings is 1. The van der Waals surface area contributed by atoms with Crippen LogP contribution in [0.1, 0.15) is 29.9 Å². The summed E-state index contributed by atoms with van der Waals surface area (Å²) >= 11 is 12.3. The van der Waals surface area contributed by atoms with Crippen LogP contribution in [0.15, 0.2) is 53.5 Å². The summed E-state index contributed by atoms with van der Waals surface area (Å²) in [5.74, 6) is 0.590. The SMILES string of the molecule is CC(=N)C(c1nc(CCNc2ccccn2)cc(=O)[nH]1)c1ccc(Cl)cc1Cl. The van der Waals surface area contributed by atoms with E-state index in [9.17, 15) is 4.79 Å². The molecular weight excluding hydrogens is 397 g/mol. The van der Waals surface area contributed by atoms with E-state index in [2.05, 4.69) is 20.3 Å². The van der Waals surface area contributed by atoms with Gasteiger partial charge in [0.1, 0.15) is 11.6 Å². The number of nitrogens with one attached hydrogen (secondary N) is 3. The molecule has 28 heavy (non-hydrogen) atoms. The molecule has 0 fully saturated rings. The second-order valence-electron chi connectivity index (χ2n) is 6.30. The van der Waals surface area contributed by atoms with Gasteiger partial charge in [0.15, 0.2) is 0 Å². The Morgan fingerprint density at radius 1 is 1.25 bits per heavy atom. The van der Waals surface area contributed by atoms with Gasteiger partial charge in [0.25, 0.3) is 5.56 Å². The lowest BCUT2D eigenvalue weighted by Crippen LogP contribution is -2.21. The van der Waals surface area contributed by atoms with Gasteiger partial charge < -0.3 is 15.7 Å². The molecule has 0 aliphatic rings. The zero-order valence-corrected chi connectivity index (χ0v) is 16.7. The molecule has 0 saturated heterocycles. The van der Waals surface area contributed by atoms with Crippen molar-refractivity contribution in [3.05, 3.63) is 86.1 Å². The Hall–Kier alpha value is -2.70. The number of aromatic amines is 1. The summed E-state index contributed by atoms with van der Waals surface area (Å²) in [7, 11) is 0. The number of pyridine rings is 1. The van der Waals surface area contributed by atoms with E-state index in [1.54, 1.807) is 31.3 Å². The van der Waals surface area contributed by atoms with E-state index in [-0.39, 0.29) is 5.56 Å². The summed E-state index contributed by atoms with van der Waals surface area (Å²) in [6.07, 6.45) is 2.24. The lowest BCUT2D eigenvalue weighted by atomic mass is 9.93. The molecular formula is C20H19Cl2N5O. The van der Waals surface area contributed by atoms with Crippen LogP contribution in [0.2, 0.25) is 10.0 Å². The summed E-state index contributed by atoms with van der Waals surface area (Å²) in [5.41, 5.74) is 1.34. The predicted octanol–water partition coefficient (Wildman–Crippen LogP) is 4.30. The van der Waals surface area contributed by atoms with Gasteiger partial charge in [-0.3, -0.25) is 4.79 Å². The third-order valence-electron chi connectivity index (χ3n) is 4.15. The third kappa shape index (κ3) is 4.97. The molecule has 0 bridgehead atoms. The molecule has 0 saturated carbocycles. The van der Waals surface area contributed by atoms with Crippen LogP contribution >= 0.6 is 23.2 Å². The Morgan fingerprint density at radius 3 is 2.75 bits per heavy atom. The standard InChI is InChI=1S/C20H19Cl2N5O/c1-12(23)19(15-6-5-13(21)10-16(15)22)20-26-14(11-18(28)27-20)7-9-25-17-4-2-3-8-24-17/h2-6,8,10-11,19,23H,7,9H2,1H3,(H,24,25)(H,26,27,28). The number of nitrogens with zero attached hydrogens (tertiary/aromatic N) is 2. The lowest BCUT2D eigenvalue weighted by Gasteiger charge is -2.18. The fourth-order valence-corrected chi connectivity index (χ4v) is 3.42. The lowest BCUT2D eigenvalue weighted by molar-refractivity contribution is 0.837. The number of halogens is 2. The second-order valence-corrected chi connectivity index (χ2v) is 7.14. The van der Waals surface area contributed by atoms with Crippen molar-refractivity contribution < 1.29 is 0 Å². The van der Waals surface area contributed by atoms with Gasteiger partial charge in [0.05, 0.1) is 5.92 Å². The molecule has 2 aromatic heterocycles. The van der Waals surface area contributed by atoms with Crippen LogP contribution in [-0.2, 0) is 6.42 Å². The molecule has 2 heterocycles. The van der Waals surface area contributed by atoms with Crippen LogP contribution in [0.3, 0.4) is 0 Å². The molecule has 0 aliphatic heterocycles. The van der Waals surface area contributed by atoms with Crippen molar-refractivity contribution in [2.45, 2.75) is 19.3 Å². The largest absolute Gasteiger partial charge is 0.370 e. The number of anilines is 1. The summed E-state index contributed by atoms with van der Waals surface area (Å²) in [6, 6.07) is 12.1. The maximum absolute atomic E-state index is 12.2. The van der Waals surface area contributed by atoms with Gasteiger partial charge in [0.2, 0.25) is 0 Å². The summed E-state index contributed by atoms with van der Waals surface area (Å²) in [6.45, 7) is 2.23. The first-order valence-electron chi connectivity index (χ1n) is 8.69. The average Bonchev–Trinajstić information content (AvgIpc) is 2.64. The van der Waals surface area contributed by atoms with Crippen LogP contribution in [-0.4, -0.2) is 27.2 Å². The highest BCUT2D eigenvalue weighted by Crippen LogP contribution is 2.31. The summed E-state index contributed by atoms with van der Waals surface area (Å²) < 4.78 is 0. The van der Waals surface area contributed by atoms with E-state index < -0.39 is 5.92 Å². The molecule has 1 aromatic carbocycles. The number of aromatic nitrogens is 3. The number of H-pyrrole nitrogens is 1. The molecule has 3 aromatic rings. The molecule has 144 valence electrons. The molecule has 1 atom stereocenters. The molecule has 8 heteroatoms. The van der Waals surface area contributed by atoms with Crippen molar-refractivity contribution in [3.63, 3.8) is 0 Å². The smallest absolute Gasteiger partial charge is 0.251 e. The van der Waals surface area contributed by atoms with Gasteiger partial charge in [0, 0.05) is 46.7 Å². The Bertz CT molecular complexity index is 1040. The van der Waals surface area contributed by atoms with Gasteiger partial charge in [-0.15, -0.1) is 0 Å². The monoisotopic (exact) mass is 415 g/mol. The van der Waals surface area contributed by atoms with Gasteiger partial charge in [-0.1, -0.05) is 35.3 Å². The number of hydrogen-bond acceptors (Lipinski definition) is 5. The maximum atomic E-state index is 12.2. The van der Waals surface area contributed by atoms with Crippen LogP contribution in [0.25, 0.3) is 0 Å². The highest BCUT2D eigenvalue weighted by atomic mass is 35.5. The molecule has 0 aliphatic carbocycles. The minimum Gasteiger partial charge on any atom is -0.370 e. The van der Waals surface area contributed by atoms with Crippen LogP contribution < -0.4 is 10.9 Å². The van der Waals surface area contributed by atoms with E-state index in [0.717, 1.165) is 5.82 Å². The second kappa shape index (κ2) is 8.99. The Balaban J connectivity index is 1.85. The fourth-order valence-electron chi connectivity index (χ4n) is 2.90. The molecule has 0 radical (unpaired) electrons. The predicted molar refractivity (Wildman–Crippen MR) is 113 cm³/mol. The van der Waals surface area contributed by atoms with Gasteiger partial charge >= 0.3 is 0 Å². The topological polar surface area (TPSA) is 94.5 Å². The van der Waals surface area contributed by atoms with Gasteiger partial charge in [-0.25, -0.2) is 9.97 Å². The van der Waals surface area contributed by atoms with E-state index in [0.29, 0.717) is 45.8 Å². The van der Waals surface area contributed by atoms with Crippen molar-refractivity contribution in [2.24, 2.45) is 0 Å². The fraction of sp³-hybridized carbons (Fsp3) is 0.200. The van der Waals surface area contributed by atoms with Crippen molar-refractivity contribution in [2.75, 3.05) is 11.9 Å². The summed E-state index contributed by atoms with van der Waals surface area (Å²) in [4.78, 5) is 23.7. The number of rotatable bonds is 7.